The van der Waals surface area contributed by atoms with Crippen LogP contribution in [-0.4, -0.2) is 9.13 Å². The summed E-state index contributed by atoms with van der Waals surface area (Å²) in [4.78, 5) is 0. The van der Waals surface area contributed by atoms with Crippen molar-refractivity contribution in [3.63, 3.8) is 0 Å². The lowest BCUT2D eigenvalue weighted by atomic mass is 10.0. The predicted octanol–water partition coefficient (Wildman–Crippen LogP) is 12.2. The molecule has 0 atom stereocenters. The molecule has 0 aliphatic heterocycles. The summed E-state index contributed by atoms with van der Waals surface area (Å²) in [6.07, 6.45) is 0. The Hall–Kier alpha value is -5.58. The predicted molar refractivity (Wildman–Crippen MR) is 196 cm³/mol. The summed E-state index contributed by atoms with van der Waals surface area (Å²) in [6.45, 7) is 0. The zero-order chi connectivity index (χ0) is 30.4. The fraction of sp³-hybridized carbons (Fsp3) is 0. The van der Waals surface area contributed by atoms with Gasteiger partial charge in [-0.3, -0.25) is 0 Å². The molecule has 46 heavy (non-hydrogen) atoms. The molecule has 0 saturated carbocycles. The zero-order valence-corrected chi connectivity index (χ0v) is 26.2. The highest BCUT2D eigenvalue weighted by Crippen LogP contribution is 2.39. The monoisotopic (exact) mass is 652 g/mol. The fourth-order valence-corrected chi connectivity index (χ4v) is 7.91. The number of halogens is 1. The maximum absolute atomic E-state index is 6.14. The van der Waals surface area contributed by atoms with Gasteiger partial charge in [0.05, 0.1) is 22.1 Å². The topological polar surface area (TPSA) is 23.0 Å². The second-order valence-electron chi connectivity index (χ2n) is 11.9. The van der Waals surface area contributed by atoms with Gasteiger partial charge < -0.3 is 13.6 Å². The molecule has 0 aliphatic carbocycles. The molecule has 4 heteroatoms. The van der Waals surface area contributed by atoms with E-state index in [1.165, 1.54) is 54.7 Å². The molecule has 0 bridgehead atoms. The standard InChI is InChI=1S/C42H25BrN2O/c43-35-11-7-15-41-42(35)34-25-27(17-23-40(34)46-41)26-16-22-39-33(24-26)32-10-3-6-14-38(32)45(39)29-20-18-28(19-21-29)44-36-12-4-1-8-30(36)31-9-2-5-13-37(31)44/h1-25H. The van der Waals surface area contributed by atoms with E-state index in [1.54, 1.807) is 0 Å². The van der Waals surface area contributed by atoms with Crippen LogP contribution in [-0.2, 0) is 0 Å². The van der Waals surface area contributed by atoms with Gasteiger partial charge in [-0.2, -0.15) is 0 Å². The number of benzene rings is 7. The van der Waals surface area contributed by atoms with E-state index in [0.29, 0.717) is 0 Å². The summed E-state index contributed by atoms with van der Waals surface area (Å²) in [5.74, 6) is 0. The Morgan fingerprint density at radius 1 is 0.391 bits per heavy atom. The van der Waals surface area contributed by atoms with Crippen LogP contribution < -0.4 is 0 Å². The maximum atomic E-state index is 6.14. The van der Waals surface area contributed by atoms with Crippen LogP contribution in [0.2, 0.25) is 0 Å². The van der Waals surface area contributed by atoms with Crippen LogP contribution in [0.15, 0.2) is 161 Å². The van der Waals surface area contributed by atoms with Crippen LogP contribution >= 0.6 is 15.9 Å². The third kappa shape index (κ3) is 3.65. The number of aromatic nitrogens is 2. The molecule has 0 aliphatic rings. The summed E-state index contributed by atoms with van der Waals surface area (Å²) < 4.78 is 11.9. The Bertz CT molecular complexity index is 2760. The molecule has 0 spiro atoms. The number of hydrogen-bond acceptors (Lipinski definition) is 1. The van der Waals surface area contributed by atoms with E-state index in [9.17, 15) is 0 Å². The lowest BCUT2D eigenvalue weighted by Crippen LogP contribution is -1.97. The minimum atomic E-state index is 0.893. The first kappa shape index (κ1) is 25.7. The molecule has 0 saturated heterocycles. The average molecular weight is 654 g/mol. The van der Waals surface area contributed by atoms with Gasteiger partial charge in [0, 0.05) is 48.2 Å². The van der Waals surface area contributed by atoms with Crippen molar-refractivity contribution in [1.82, 2.24) is 9.13 Å². The fourth-order valence-electron chi connectivity index (χ4n) is 7.35. The third-order valence-electron chi connectivity index (χ3n) is 9.40. The molecule has 0 radical (unpaired) electrons. The van der Waals surface area contributed by atoms with Crippen molar-refractivity contribution in [2.24, 2.45) is 0 Å². The summed E-state index contributed by atoms with van der Waals surface area (Å²) in [6, 6.07) is 54.4. The number of furan rings is 1. The van der Waals surface area contributed by atoms with Crippen LogP contribution in [0.5, 0.6) is 0 Å². The van der Waals surface area contributed by atoms with Gasteiger partial charge in [0.25, 0.3) is 0 Å². The SMILES string of the molecule is Brc1cccc2oc3ccc(-c4ccc5c(c4)c4ccccc4n5-c4ccc(-n5c6ccccc6c6ccccc65)cc4)cc3c12. The molecule has 10 aromatic rings. The van der Waals surface area contributed by atoms with Crippen molar-refractivity contribution < 1.29 is 4.42 Å². The first-order chi connectivity index (χ1) is 22.7. The van der Waals surface area contributed by atoms with Gasteiger partial charge >= 0.3 is 0 Å². The molecule has 7 aromatic carbocycles. The van der Waals surface area contributed by atoms with Gasteiger partial charge in [0.2, 0.25) is 0 Å². The van der Waals surface area contributed by atoms with Crippen molar-refractivity contribution in [3.05, 3.63) is 156 Å². The van der Waals surface area contributed by atoms with Crippen molar-refractivity contribution in [2.45, 2.75) is 0 Å². The van der Waals surface area contributed by atoms with E-state index >= 15 is 0 Å². The van der Waals surface area contributed by atoms with Crippen LogP contribution in [0, 0.1) is 0 Å². The van der Waals surface area contributed by atoms with Crippen LogP contribution in [0.1, 0.15) is 0 Å². The van der Waals surface area contributed by atoms with E-state index in [1.807, 2.05) is 12.1 Å². The van der Waals surface area contributed by atoms with E-state index in [2.05, 4.69) is 165 Å². The Morgan fingerprint density at radius 3 is 1.50 bits per heavy atom. The number of fused-ring (bicyclic) bond motifs is 9. The molecule has 0 N–H and O–H groups in total. The lowest BCUT2D eigenvalue weighted by molar-refractivity contribution is 0.669. The minimum Gasteiger partial charge on any atom is -0.456 e. The van der Waals surface area contributed by atoms with Gasteiger partial charge in [-0.1, -0.05) is 88.7 Å². The molecule has 10 rings (SSSR count). The molecule has 0 amide bonds. The Balaban J connectivity index is 1.13. The second kappa shape index (κ2) is 9.71. The summed E-state index contributed by atoms with van der Waals surface area (Å²) >= 11 is 3.74. The molecule has 3 heterocycles. The van der Waals surface area contributed by atoms with Gasteiger partial charge in [-0.15, -0.1) is 0 Å². The highest BCUT2D eigenvalue weighted by molar-refractivity contribution is 9.10. The Labute approximate surface area is 272 Å². The summed E-state index contributed by atoms with van der Waals surface area (Å²) in [7, 11) is 0. The molecule has 0 fully saturated rings. The maximum Gasteiger partial charge on any atom is 0.136 e. The molecule has 216 valence electrons. The average Bonchev–Trinajstić information content (AvgIpc) is 3.76. The van der Waals surface area contributed by atoms with E-state index in [0.717, 1.165) is 37.8 Å². The first-order valence-corrected chi connectivity index (χ1v) is 16.3. The number of hydrogen-bond donors (Lipinski definition) is 0. The van der Waals surface area contributed by atoms with Gasteiger partial charge in [0.15, 0.2) is 0 Å². The molecular formula is C42H25BrN2O. The van der Waals surface area contributed by atoms with E-state index < -0.39 is 0 Å². The second-order valence-corrected chi connectivity index (χ2v) is 12.8. The molecular weight excluding hydrogens is 628 g/mol. The van der Waals surface area contributed by atoms with Gasteiger partial charge in [-0.25, -0.2) is 0 Å². The number of nitrogens with zero attached hydrogens (tertiary/aromatic N) is 2. The normalized spacial score (nSPS) is 12.0. The largest absolute Gasteiger partial charge is 0.456 e. The molecule has 3 aromatic heterocycles. The number of rotatable bonds is 3. The highest BCUT2D eigenvalue weighted by Gasteiger charge is 2.16. The Kier molecular flexibility index (Phi) is 5.43. The molecule has 3 nitrogen and oxygen atoms in total. The van der Waals surface area contributed by atoms with E-state index in [4.69, 9.17) is 4.42 Å². The van der Waals surface area contributed by atoms with Crippen LogP contribution in [0.3, 0.4) is 0 Å². The van der Waals surface area contributed by atoms with Crippen molar-refractivity contribution in [3.8, 4) is 22.5 Å². The zero-order valence-electron chi connectivity index (χ0n) is 24.6. The summed E-state index contributed by atoms with van der Waals surface area (Å²) in [5.41, 5.74) is 11.2. The van der Waals surface area contributed by atoms with Gasteiger partial charge in [0.1, 0.15) is 11.2 Å². The highest BCUT2D eigenvalue weighted by atomic mass is 79.9. The van der Waals surface area contributed by atoms with Crippen LogP contribution in [0.4, 0.5) is 0 Å². The minimum absolute atomic E-state index is 0.893. The smallest absolute Gasteiger partial charge is 0.136 e. The van der Waals surface area contributed by atoms with Crippen molar-refractivity contribution in [1.29, 1.82) is 0 Å². The quantitative estimate of drug-likeness (QED) is 0.186. The van der Waals surface area contributed by atoms with Crippen molar-refractivity contribution in [2.75, 3.05) is 0 Å². The third-order valence-corrected chi connectivity index (χ3v) is 10.1. The Morgan fingerprint density at radius 2 is 0.891 bits per heavy atom. The van der Waals surface area contributed by atoms with Crippen molar-refractivity contribution >= 4 is 81.5 Å². The number of para-hydroxylation sites is 3. The van der Waals surface area contributed by atoms with E-state index in [-0.39, 0.29) is 0 Å². The first-order valence-electron chi connectivity index (χ1n) is 15.5. The lowest BCUT2D eigenvalue weighted by Gasteiger charge is -2.12. The summed E-state index contributed by atoms with van der Waals surface area (Å²) in [5, 5.41) is 7.25. The van der Waals surface area contributed by atoms with Crippen LogP contribution in [0.25, 0.3) is 88.1 Å². The van der Waals surface area contributed by atoms with Gasteiger partial charge in [-0.05, 0) is 90.0 Å². The molecule has 0 unspecified atom stereocenters.